The van der Waals surface area contributed by atoms with Crippen molar-refractivity contribution in [2.24, 2.45) is 0 Å². The minimum atomic E-state index is -0.143. The molecule has 3 nitrogen and oxygen atoms in total. The van der Waals surface area contributed by atoms with Crippen LogP contribution in [0.5, 0.6) is 0 Å². The van der Waals surface area contributed by atoms with Gasteiger partial charge >= 0.3 is 0 Å². The van der Waals surface area contributed by atoms with Crippen molar-refractivity contribution in [3.63, 3.8) is 0 Å². The monoisotopic (exact) mass is 260 g/mol. The van der Waals surface area contributed by atoms with Gasteiger partial charge in [0.2, 0.25) is 5.91 Å². The van der Waals surface area contributed by atoms with E-state index in [9.17, 15) is 4.79 Å². The first-order valence-electron chi connectivity index (χ1n) is 7.02. The molecule has 1 saturated heterocycles. The van der Waals surface area contributed by atoms with E-state index in [-0.39, 0.29) is 11.4 Å². The van der Waals surface area contributed by atoms with Gasteiger partial charge in [-0.25, -0.2) is 0 Å². The van der Waals surface area contributed by atoms with Crippen LogP contribution in [0.25, 0.3) is 0 Å². The molecule has 0 aromatic heterocycles. The van der Waals surface area contributed by atoms with Gasteiger partial charge in [0.25, 0.3) is 0 Å². The molecule has 2 rings (SSSR count). The van der Waals surface area contributed by atoms with Crippen molar-refractivity contribution in [1.29, 1.82) is 0 Å². The molecule has 1 heterocycles. The van der Waals surface area contributed by atoms with E-state index in [2.05, 4.69) is 34.5 Å². The molecule has 1 N–H and O–H groups in total. The highest BCUT2D eigenvalue weighted by Gasteiger charge is 2.25. The zero-order valence-corrected chi connectivity index (χ0v) is 12.1. The number of rotatable bonds is 3. The number of likely N-dealkylation sites (tertiary alicyclic amines) is 1. The summed E-state index contributed by atoms with van der Waals surface area (Å²) in [5.41, 5.74) is 1.25. The topological polar surface area (TPSA) is 32.3 Å². The van der Waals surface area contributed by atoms with Crippen LogP contribution in [0.1, 0.15) is 38.7 Å². The fourth-order valence-corrected chi connectivity index (χ4v) is 2.63. The second-order valence-corrected chi connectivity index (χ2v) is 6.43. The molecular weight excluding hydrogens is 236 g/mol. The smallest absolute Gasteiger partial charge is 0.234 e. The van der Waals surface area contributed by atoms with Crippen molar-refractivity contribution in [3.05, 3.63) is 35.9 Å². The Morgan fingerprint density at radius 3 is 2.63 bits per heavy atom. The van der Waals surface area contributed by atoms with Gasteiger partial charge < -0.3 is 5.32 Å². The summed E-state index contributed by atoms with van der Waals surface area (Å²) in [5, 5.41) is 3.02. The lowest BCUT2D eigenvalue weighted by atomic mass is 9.99. The standard InChI is InChI=1S/C16H24N2O/c1-16(2,3)17-15(19)12-18-10-9-14(11-18)13-7-5-4-6-8-13/h4-8,14H,9-12H2,1-3H3,(H,17,19)/t14-/m0/s1. The average molecular weight is 260 g/mol. The maximum atomic E-state index is 11.9. The van der Waals surface area contributed by atoms with E-state index in [0.717, 1.165) is 19.5 Å². The van der Waals surface area contributed by atoms with Crippen LogP contribution < -0.4 is 5.32 Å². The van der Waals surface area contributed by atoms with Crippen LogP contribution in [0, 0.1) is 0 Å². The Balaban J connectivity index is 1.84. The van der Waals surface area contributed by atoms with Crippen molar-refractivity contribution in [2.45, 2.75) is 38.6 Å². The highest BCUT2D eigenvalue weighted by atomic mass is 16.2. The molecule has 1 aromatic carbocycles. The van der Waals surface area contributed by atoms with Gasteiger partial charge in [0.15, 0.2) is 0 Å². The number of hydrogen-bond donors (Lipinski definition) is 1. The fraction of sp³-hybridized carbons (Fsp3) is 0.562. The van der Waals surface area contributed by atoms with Crippen LogP contribution in [0.15, 0.2) is 30.3 Å². The van der Waals surface area contributed by atoms with Crippen molar-refractivity contribution in [3.8, 4) is 0 Å². The summed E-state index contributed by atoms with van der Waals surface area (Å²) >= 11 is 0. The number of benzene rings is 1. The Kier molecular flexibility index (Phi) is 4.25. The first-order valence-corrected chi connectivity index (χ1v) is 7.02. The second-order valence-electron chi connectivity index (χ2n) is 6.43. The van der Waals surface area contributed by atoms with Gasteiger partial charge in [0.1, 0.15) is 0 Å². The molecule has 0 unspecified atom stereocenters. The van der Waals surface area contributed by atoms with Crippen molar-refractivity contribution < 1.29 is 4.79 Å². The lowest BCUT2D eigenvalue weighted by Gasteiger charge is -2.23. The minimum Gasteiger partial charge on any atom is -0.350 e. The molecular formula is C16H24N2O. The Hall–Kier alpha value is -1.35. The lowest BCUT2D eigenvalue weighted by molar-refractivity contribution is -0.123. The first-order chi connectivity index (χ1) is 8.94. The third kappa shape index (κ3) is 4.35. The molecule has 1 aliphatic heterocycles. The van der Waals surface area contributed by atoms with Crippen molar-refractivity contribution in [1.82, 2.24) is 10.2 Å². The maximum Gasteiger partial charge on any atom is 0.234 e. The molecule has 1 amide bonds. The molecule has 19 heavy (non-hydrogen) atoms. The first kappa shape index (κ1) is 14.1. The Bertz CT molecular complexity index is 422. The molecule has 0 radical (unpaired) electrons. The van der Waals surface area contributed by atoms with E-state index in [1.54, 1.807) is 0 Å². The Morgan fingerprint density at radius 2 is 2.00 bits per heavy atom. The van der Waals surface area contributed by atoms with Crippen LogP contribution in [-0.4, -0.2) is 36.0 Å². The molecule has 3 heteroatoms. The Morgan fingerprint density at radius 1 is 1.32 bits per heavy atom. The van der Waals surface area contributed by atoms with Gasteiger partial charge in [-0.1, -0.05) is 30.3 Å². The van der Waals surface area contributed by atoms with Gasteiger partial charge in [-0.15, -0.1) is 0 Å². The van der Waals surface area contributed by atoms with Crippen molar-refractivity contribution >= 4 is 5.91 Å². The summed E-state index contributed by atoms with van der Waals surface area (Å²) in [6.07, 6.45) is 1.15. The zero-order chi connectivity index (χ0) is 13.9. The highest BCUT2D eigenvalue weighted by molar-refractivity contribution is 5.78. The number of nitrogens with zero attached hydrogens (tertiary/aromatic N) is 1. The number of carbonyl (C=O) groups excluding carboxylic acids is 1. The van der Waals surface area contributed by atoms with E-state index in [1.807, 2.05) is 26.8 Å². The molecule has 0 saturated carbocycles. The predicted octanol–water partition coefficient (Wildman–Crippen LogP) is 2.39. The molecule has 1 atom stereocenters. The third-order valence-corrected chi connectivity index (χ3v) is 3.42. The van der Waals surface area contributed by atoms with E-state index < -0.39 is 0 Å². The largest absolute Gasteiger partial charge is 0.350 e. The number of amides is 1. The highest BCUT2D eigenvalue weighted by Crippen LogP contribution is 2.26. The number of carbonyl (C=O) groups is 1. The molecule has 1 aliphatic rings. The molecule has 1 aromatic rings. The summed E-state index contributed by atoms with van der Waals surface area (Å²) in [7, 11) is 0. The van der Waals surface area contributed by atoms with Gasteiger partial charge in [-0.3, -0.25) is 9.69 Å². The second kappa shape index (κ2) is 5.74. The number of hydrogen-bond acceptors (Lipinski definition) is 2. The number of nitrogens with one attached hydrogen (secondary N) is 1. The van der Waals surface area contributed by atoms with Gasteiger partial charge in [-0.05, 0) is 45.2 Å². The quantitative estimate of drug-likeness (QED) is 0.905. The van der Waals surface area contributed by atoms with Crippen LogP contribution >= 0.6 is 0 Å². The Labute approximate surface area is 116 Å². The van der Waals surface area contributed by atoms with Crippen LogP contribution in [-0.2, 0) is 4.79 Å². The van der Waals surface area contributed by atoms with E-state index in [4.69, 9.17) is 0 Å². The third-order valence-electron chi connectivity index (χ3n) is 3.42. The summed E-state index contributed by atoms with van der Waals surface area (Å²) < 4.78 is 0. The summed E-state index contributed by atoms with van der Waals surface area (Å²) in [6, 6.07) is 10.6. The molecule has 0 bridgehead atoms. The summed E-state index contributed by atoms with van der Waals surface area (Å²) in [6.45, 7) is 8.56. The zero-order valence-electron chi connectivity index (χ0n) is 12.1. The van der Waals surface area contributed by atoms with E-state index in [1.165, 1.54) is 5.56 Å². The predicted molar refractivity (Wildman–Crippen MR) is 78.1 cm³/mol. The van der Waals surface area contributed by atoms with Crippen LogP contribution in [0.2, 0.25) is 0 Å². The summed E-state index contributed by atoms with van der Waals surface area (Å²) in [5.74, 6) is 0.699. The van der Waals surface area contributed by atoms with Gasteiger partial charge in [0.05, 0.1) is 6.54 Å². The molecule has 1 fully saturated rings. The van der Waals surface area contributed by atoms with Crippen LogP contribution in [0.3, 0.4) is 0 Å². The minimum absolute atomic E-state index is 0.126. The molecule has 0 spiro atoms. The maximum absolute atomic E-state index is 11.9. The van der Waals surface area contributed by atoms with Gasteiger partial charge in [-0.2, -0.15) is 0 Å². The molecule has 0 aliphatic carbocycles. The van der Waals surface area contributed by atoms with E-state index >= 15 is 0 Å². The average Bonchev–Trinajstić information content (AvgIpc) is 2.76. The van der Waals surface area contributed by atoms with Crippen molar-refractivity contribution in [2.75, 3.05) is 19.6 Å². The SMILES string of the molecule is CC(C)(C)NC(=O)CN1CC[C@H](c2ccccc2)C1. The van der Waals surface area contributed by atoms with E-state index in [0.29, 0.717) is 12.5 Å². The normalized spacial score (nSPS) is 20.5. The fourth-order valence-electron chi connectivity index (χ4n) is 2.63. The lowest BCUT2D eigenvalue weighted by Crippen LogP contribution is -2.45. The summed E-state index contributed by atoms with van der Waals surface area (Å²) in [4.78, 5) is 14.2. The molecule has 104 valence electrons. The van der Waals surface area contributed by atoms with Gasteiger partial charge in [0, 0.05) is 12.1 Å². The van der Waals surface area contributed by atoms with Crippen LogP contribution in [0.4, 0.5) is 0 Å².